The molecule has 0 spiro atoms. The van der Waals surface area contributed by atoms with Gasteiger partial charge in [-0.2, -0.15) is 0 Å². The molecule has 0 amide bonds. The van der Waals surface area contributed by atoms with Gasteiger partial charge in [0.15, 0.2) is 0 Å². The lowest BCUT2D eigenvalue weighted by Crippen LogP contribution is -2.06. The molecule has 0 aliphatic rings. The topological polar surface area (TPSA) is 51.3 Å². The number of hydrogen-bond donors (Lipinski definition) is 1. The van der Waals surface area contributed by atoms with Gasteiger partial charge in [0.1, 0.15) is 11.5 Å². The minimum atomic E-state index is -0.0381. The van der Waals surface area contributed by atoms with Gasteiger partial charge in [-0.3, -0.25) is 4.79 Å². The van der Waals surface area contributed by atoms with Gasteiger partial charge in [-0.25, -0.2) is 0 Å². The van der Waals surface area contributed by atoms with E-state index in [4.69, 9.17) is 9.47 Å². The standard InChI is InChI=1S/C15H13NO3/c1-18-9-7-12-14(13(8-9)19-2)15(17)10-5-3-4-6-11(10)16-12/h3-8H,1-2H3,(H,16,17). The van der Waals surface area contributed by atoms with Crippen LogP contribution in [-0.4, -0.2) is 19.2 Å². The van der Waals surface area contributed by atoms with Crippen LogP contribution in [0.2, 0.25) is 0 Å². The summed E-state index contributed by atoms with van der Waals surface area (Å²) in [5.41, 5.74) is 1.47. The normalized spacial score (nSPS) is 10.8. The average Bonchev–Trinajstić information content (AvgIpc) is 2.46. The highest BCUT2D eigenvalue weighted by Gasteiger charge is 2.11. The van der Waals surface area contributed by atoms with Gasteiger partial charge in [0, 0.05) is 23.0 Å². The molecule has 0 fully saturated rings. The summed E-state index contributed by atoms with van der Waals surface area (Å²) in [6.45, 7) is 0. The van der Waals surface area contributed by atoms with Crippen molar-refractivity contribution in [3.8, 4) is 11.5 Å². The fourth-order valence-corrected chi connectivity index (χ4v) is 2.27. The van der Waals surface area contributed by atoms with Crippen LogP contribution in [0.1, 0.15) is 0 Å². The second-order valence-electron chi connectivity index (χ2n) is 4.25. The lowest BCUT2D eigenvalue weighted by molar-refractivity contribution is 0.397. The van der Waals surface area contributed by atoms with Gasteiger partial charge < -0.3 is 14.5 Å². The predicted molar refractivity (Wildman–Crippen MR) is 75.2 cm³/mol. The van der Waals surface area contributed by atoms with Crippen molar-refractivity contribution in [2.75, 3.05) is 14.2 Å². The quantitative estimate of drug-likeness (QED) is 0.716. The minimum absolute atomic E-state index is 0.0381. The van der Waals surface area contributed by atoms with Gasteiger partial charge in [-0.15, -0.1) is 0 Å². The highest BCUT2D eigenvalue weighted by atomic mass is 16.5. The van der Waals surface area contributed by atoms with Gasteiger partial charge in [-0.1, -0.05) is 12.1 Å². The van der Waals surface area contributed by atoms with Crippen molar-refractivity contribution < 1.29 is 9.47 Å². The zero-order valence-electron chi connectivity index (χ0n) is 10.7. The van der Waals surface area contributed by atoms with Crippen molar-refractivity contribution in [3.05, 3.63) is 46.6 Å². The van der Waals surface area contributed by atoms with E-state index in [2.05, 4.69) is 4.98 Å². The molecule has 4 heteroatoms. The number of aromatic nitrogens is 1. The van der Waals surface area contributed by atoms with Gasteiger partial charge >= 0.3 is 0 Å². The van der Waals surface area contributed by atoms with Gasteiger partial charge in [0.05, 0.1) is 25.1 Å². The summed E-state index contributed by atoms with van der Waals surface area (Å²) in [6, 6.07) is 10.9. The molecule has 3 aromatic rings. The molecule has 0 radical (unpaired) electrons. The first-order chi connectivity index (χ1) is 9.24. The van der Waals surface area contributed by atoms with Crippen molar-refractivity contribution in [1.29, 1.82) is 0 Å². The van der Waals surface area contributed by atoms with Crippen molar-refractivity contribution >= 4 is 21.8 Å². The lowest BCUT2D eigenvalue weighted by Gasteiger charge is -2.09. The Hall–Kier alpha value is -2.49. The number of ether oxygens (including phenoxy) is 2. The van der Waals surface area contributed by atoms with Crippen LogP contribution < -0.4 is 14.9 Å². The van der Waals surface area contributed by atoms with Crippen LogP contribution in [0.25, 0.3) is 21.8 Å². The third kappa shape index (κ3) is 1.73. The Bertz CT molecular complexity index is 821. The molecule has 0 bridgehead atoms. The van der Waals surface area contributed by atoms with Crippen molar-refractivity contribution in [2.45, 2.75) is 0 Å². The number of H-pyrrole nitrogens is 1. The molecule has 96 valence electrons. The minimum Gasteiger partial charge on any atom is -0.497 e. The molecule has 2 aromatic carbocycles. The molecule has 4 nitrogen and oxygen atoms in total. The molecule has 19 heavy (non-hydrogen) atoms. The van der Waals surface area contributed by atoms with Crippen LogP contribution in [-0.2, 0) is 0 Å². The summed E-state index contributed by atoms with van der Waals surface area (Å²) in [4.78, 5) is 15.8. The van der Waals surface area contributed by atoms with Crippen LogP contribution in [0.5, 0.6) is 11.5 Å². The highest BCUT2D eigenvalue weighted by molar-refractivity contribution is 5.96. The van der Waals surface area contributed by atoms with Crippen LogP contribution >= 0.6 is 0 Å². The van der Waals surface area contributed by atoms with Crippen molar-refractivity contribution in [3.63, 3.8) is 0 Å². The fourth-order valence-electron chi connectivity index (χ4n) is 2.27. The zero-order chi connectivity index (χ0) is 13.4. The summed E-state index contributed by atoms with van der Waals surface area (Å²) >= 11 is 0. The summed E-state index contributed by atoms with van der Waals surface area (Å²) in [6.07, 6.45) is 0. The van der Waals surface area contributed by atoms with Crippen LogP contribution in [0, 0.1) is 0 Å². The monoisotopic (exact) mass is 255 g/mol. The predicted octanol–water partition coefficient (Wildman–Crippen LogP) is 2.70. The van der Waals surface area contributed by atoms with E-state index in [9.17, 15) is 4.79 Å². The molecule has 1 heterocycles. The van der Waals surface area contributed by atoms with Crippen LogP contribution in [0.4, 0.5) is 0 Å². The number of benzene rings is 2. The number of aromatic amines is 1. The third-order valence-corrected chi connectivity index (χ3v) is 3.20. The van der Waals surface area contributed by atoms with E-state index < -0.39 is 0 Å². The zero-order valence-corrected chi connectivity index (χ0v) is 10.7. The summed E-state index contributed by atoms with van der Waals surface area (Å²) in [5.74, 6) is 1.16. The van der Waals surface area contributed by atoms with E-state index in [0.29, 0.717) is 27.8 Å². The van der Waals surface area contributed by atoms with Crippen LogP contribution in [0.3, 0.4) is 0 Å². The maximum atomic E-state index is 12.5. The number of pyridine rings is 1. The number of para-hydroxylation sites is 1. The molecule has 0 saturated carbocycles. The molecular weight excluding hydrogens is 242 g/mol. The van der Waals surface area contributed by atoms with Gasteiger partial charge in [0.2, 0.25) is 5.43 Å². The Kier molecular flexibility index (Phi) is 2.63. The number of rotatable bonds is 2. The van der Waals surface area contributed by atoms with E-state index in [0.717, 1.165) is 5.52 Å². The van der Waals surface area contributed by atoms with E-state index in [-0.39, 0.29) is 5.43 Å². The Labute approximate surface area is 109 Å². The van der Waals surface area contributed by atoms with Gasteiger partial charge in [-0.05, 0) is 12.1 Å². The van der Waals surface area contributed by atoms with E-state index >= 15 is 0 Å². The SMILES string of the molecule is COc1cc(OC)c2c(=O)c3ccccc3[nH]c2c1. The van der Waals surface area contributed by atoms with E-state index in [1.54, 1.807) is 32.4 Å². The maximum absolute atomic E-state index is 12.5. The first kappa shape index (κ1) is 11.6. The number of fused-ring (bicyclic) bond motifs is 2. The second kappa shape index (κ2) is 4.31. The molecule has 0 atom stereocenters. The third-order valence-electron chi connectivity index (χ3n) is 3.20. The average molecular weight is 255 g/mol. The molecular formula is C15H13NO3. The molecule has 0 unspecified atom stereocenters. The molecule has 0 aliphatic carbocycles. The fraction of sp³-hybridized carbons (Fsp3) is 0.133. The van der Waals surface area contributed by atoms with Crippen molar-refractivity contribution in [2.24, 2.45) is 0 Å². The summed E-state index contributed by atoms with van der Waals surface area (Å²) in [7, 11) is 3.13. The first-order valence-corrected chi connectivity index (χ1v) is 5.91. The Balaban J connectivity index is 2.54. The molecule has 1 aromatic heterocycles. The Morgan fingerprint density at radius 1 is 1.00 bits per heavy atom. The number of nitrogens with one attached hydrogen (secondary N) is 1. The van der Waals surface area contributed by atoms with Crippen molar-refractivity contribution in [1.82, 2.24) is 4.98 Å². The summed E-state index contributed by atoms with van der Waals surface area (Å²) in [5, 5.41) is 1.19. The lowest BCUT2D eigenvalue weighted by atomic mass is 10.1. The maximum Gasteiger partial charge on any atom is 0.200 e. The Morgan fingerprint density at radius 2 is 1.79 bits per heavy atom. The number of hydrogen-bond acceptors (Lipinski definition) is 3. The highest BCUT2D eigenvalue weighted by Crippen LogP contribution is 2.29. The van der Waals surface area contributed by atoms with E-state index in [1.165, 1.54) is 0 Å². The van der Waals surface area contributed by atoms with Gasteiger partial charge in [0.25, 0.3) is 0 Å². The first-order valence-electron chi connectivity index (χ1n) is 5.91. The molecule has 0 saturated heterocycles. The second-order valence-corrected chi connectivity index (χ2v) is 4.25. The summed E-state index contributed by atoms with van der Waals surface area (Å²) < 4.78 is 10.5. The number of methoxy groups -OCH3 is 2. The Morgan fingerprint density at radius 3 is 2.53 bits per heavy atom. The van der Waals surface area contributed by atoms with E-state index in [1.807, 2.05) is 18.2 Å². The molecule has 0 aliphatic heterocycles. The smallest absolute Gasteiger partial charge is 0.200 e. The largest absolute Gasteiger partial charge is 0.497 e. The molecule has 1 N–H and O–H groups in total. The van der Waals surface area contributed by atoms with Crippen LogP contribution in [0.15, 0.2) is 41.2 Å². The molecule has 3 rings (SSSR count).